The average molecular weight is 371 g/mol. The number of halogens is 1. The van der Waals surface area contributed by atoms with Crippen LogP contribution < -0.4 is 15.5 Å². The molecule has 1 saturated heterocycles. The van der Waals surface area contributed by atoms with E-state index in [9.17, 15) is 9.18 Å². The number of piperidine rings is 1. The first kappa shape index (κ1) is 19.1. The van der Waals surface area contributed by atoms with E-state index in [4.69, 9.17) is 0 Å². The van der Waals surface area contributed by atoms with Crippen LogP contribution in [0.5, 0.6) is 0 Å². The Bertz CT molecular complexity index is 805. The summed E-state index contributed by atoms with van der Waals surface area (Å²) in [5.74, 6) is 0.837. The predicted molar refractivity (Wildman–Crippen MR) is 105 cm³/mol. The topological polar surface area (TPSA) is 70.2 Å². The molecule has 7 heteroatoms. The predicted octanol–water partition coefficient (Wildman–Crippen LogP) is 3.06. The van der Waals surface area contributed by atoms with Gasteiger partial charge in [0.15, 0.2) is 0 Å². The minimum Gasteiger partial charge on any atom is -0.356 e. The summed E-state index contributed by atoms with van der Waals surface area (Å²) in [6.07, 6.45) is 3.66. The van der Waals surface area contributed by atoms with E-state index in [1.807, 2.05) is 13.0 Å². The summed E-state index contributed by atoms with van der Waals surface area (Å²) in [6.45, 7) is 6.56. The molecule has 0 spiro atoms. The fourth-order valence-corrected chi connectivity index (χ4v) is 3.10. The number of aromatic nitrogens is 2. The highest BCUT2D eigenvalue weighted by Gasteiger charge is 2.14. The molecule has 0 unspecified atom stereocenters. The lowest BCUT2D eigenvalue weighted by Gasteiger charge is -2.28. The standard InChI is InChI=1S/C20H26FN5O/c1-14-6-7-16(13-17(14)21)19(27)22-8-9-23-20-24-15(2)12-18(25-20)26-10-4-3-5-11-26/h6-7,12-13H,3-5,8-11H2,1-2H3,(H,22,27)(H,23,24,25). The molecule has 1 aliphatic rings. The molecule has 1 aromatic carbocycles. The Morgan fingerprint density at radius 2 is 1.89 bits per heavy atom. The fourth-order valence-electron chi connectivity index (χ4n) is 3.10. The fraction of sp³-hybridized carbons (Fsp3) is 0.450. The van der Waals surface area contributed by atoms with E-state index in [0.717, 1.165) is 24.6 Å². The number of rotatable bonds is 6. The van der Waals surface area contributed by atoms with Crippen LogP contribution in [0.3, 0.4) is 0 Å². The van der Waals surface area contributed by atoms with Gasteiger partial charge in [0.2, 0.25) is 5.95 Å². The summed E-state index contributed by atoms with van der Waals surface area (Å²) in [5, 5.41) is 5.93. The molecule has 2 aromatic rings. The lowest BCUT2D eigenvalue weighted by Crippen LogP contribution is -2.31. The lowest BCUT2D eigenvalue weighted by molar-refractivity contribution is 0.0954. The van der Waals surface area contributed by atoms with Crippen molar-refractivity contribution in [2.45, 2.75) is 33.1 Å². The quantitative estimate of drug-likeness (QED) is 0.764. The molecule has 144 valence electrons. The second-order valence-electron chi connectivity index (χ2n) is 6.89. The molecule has 6 nitrogen and oxygen atoms in total. The Hall–Kier alpha value is -2.70. The van der Waals surface area contributed by atoms with Crippen molar-refractivity contribution in [3.63, 3.8) is 0 Å². The van der Waals surface area contributed by atoms with Crippen molar-refractivity contribution >= 4 is 17.7 Å². The van der Waals surface area contributed by atoms with Crippen molar-refractivity contribution in [1.82, 2.24) is 15.3 Å². The molecule has 1 fully saturated rings. The van der Waals surface area contributed by atoms with Crippen molar-refractivity contribution in [1.29, 1.82) is 0 Å². The highest BCUT2D eigenvalue weighted by atomic mass is 19.1. The second kappa shape index (κ2) is 8.79. The van der Waals surface area contributed by atoms with Gasteiger partial charge in [0.1, 0.15) is 11.6 Å². The Morgan fingerprint density at radius 1 is 1.11 bits per heavy atom. The van der Waals surface area contributed by atoms with Crippen LogP contribution in [0, 0.1) is 19.7 Å². The number of aryl methyl sites for hydroxylation is 2. The van der Waals surface area contributed by atoms with Crippen LogP contribution in [0.15, 0.2) is 24.3 Å². The molecule has 2 heterocycles. The summed E-state index contributed by atoms with van der Waals surface area (Å²) < 4.78 is 13.6. The molecule has 0 saturated carbocycles. The number of carbonyl (C=O) groups excluding carboxylic acids is 1. The third-order valence-electron chi connectivity index (χ3n) is 4.65. The molecule has 0 bridgehead atoms. The first-order valence-corrected chi connectivity index (χ1v) is 9.42. The molecule has 2 N–H and O–H groups in total. The number of hydrogen-bond acceptors (Lipinski definition) is 5. The van der Waals surface area contributed by atoms with Crippen LogP contribution in [0.4, 0.5) is 16.2 Å². The average Bonchev–Trinajstić information content (AvgIpc) is 2.67. The number of nitrogens with zero attached hydrogens (tertiary/aromatic N) is 3. The number of hydrogen-bond donors (Lipinski definition) is 2. The minimum atomic E-state index is -0.376. The van der Waals surface area contributed by atoms with Gasteiger partial charge in [-0.25, -0.2) is 9.37 Å². The molecular weight excluding hydrogens is 345 g/mol. The van der Waals surface area contributed by atoms with Crippen LogP contribution in [-0.2, 0) is 0 Å². The highest BCUT2D eigenvalue weighted by Crippen LogP contribution is 2.19. The second-order valence-corrected chi connectivity index (χ2v) is 6.89. The summed E-state index contributed by atoms with van der Waals surface area (Å²) in [4.78, 5) is 23.4. The molecule has 1 aliphatic heterocycles. The molecule has 27 heavy (non-hydrogen) atoms. The van der Waals surface area contributed by atoms with Crippen molar-refractivity contribution in [3.8, 4) is 0 Å². The summed E-state index contributed by atoms with van der Waals surface area (Å²) in [5.41, 5.74) is 1.75. The van der Waals surface area contributed by atoms with E-state index < -0.39 is 0 Å². The van der Waals surface area contributed by atoms with Gasteiger partial charge in [-0.05, 0) is 50.8 Å². The summed E-state index contributed by atoms with van der Waals surface area (Å²) in [6, 6.07) is 6.48. The largest absolute Gasteiger partial charge is 0.356 e. The van der Waals surface area contributed by atoms with Crippen LogP contribution in [0.25, 0.3) is 0 Å². The first-order valence-electron chi connectivity index (χ1n) is 9.42. The van der Waals surface area contributed by atoms with E-state index in [1.165, 1.54) is 25.3 Å². The molecular formula is C20H26FN5O. The Balaban J connectivity index is 1.51. The maximum atomic E-state index is 13.6. The summed E-state index contributed by atoms with van der Waals surface area (Å²) in [7, 11) is 0. The number of benzene rings is 1. The van der Waals surface area contributed by atoms with Crippen molar-refractivity contribution < 1.29 is 9.18 Å². The van der Waals surface area contributed by atoms with E-state index in [0.29, 0.717) is 30.2 Å². The highest BCUT2D eigenvalue weighted by molar-refractivity contribution is 5.94. The molecule has 0 radical (unpaired) electrons. The van der Waals surface area contributed by atoms with Crippen LogP contribution in [-0.4, -0.2) is 42.1 Å². The summed E-state index contributed by atoms with van der Waals surface area (Å²) >= 11 is 0. The third kappa shape index (κ3) is 5.15. The normalized spacial score (nSPS) is 14.1. The molecule has 0 aliphatic carbocycles. The molecule has 1 aromatic heterocycles. The monoisotopic (exact) mass is 371 g/mol. The van der Waals surface area contributed by atoms with Gasteiger partial charge in [0.05, 0.1) is 0 Å². The van der Waals surface area contributed by atoms with Gasteiger partial charge in [0.25, 0.3) is 5.91 Å². The van der Waals surface area contributed by atoms with E-state index in [1.54, 1.807) is 19.1 Å². The van der Waals surface area contributed by atoms with Gasteiger partial charge in [-0.2, -0.15) is 4.98 Å². The Labute approximate surface area is 159 Å². The smallest absolute Gasteiger partial charge is 0.251 e. The van der Waals surface area contributed by atoms with Gasteiger partial charge in [0, 0.05) is 43.5 Å². The van der Waals surface area contributed by atoms with Crippen molar-refractivity contribution in [2.75, 3.05) is 36.4 Å². The van der Waals surface area contributed by atoms with Gasteiger partial charge >= 0.3 is 0 Å². The van der Waals surface area contributed by atoms with Crippen LogP contribution in [0.2, 0.25) is 0 Å². The van der Waals surface area contributed by atoms with Gasteiger partial charge in [-0.3, -0.25) is 4.79 Å². The molecule has 0 atom stereocenters. The zero-order valence-corrected chi connectivity index (χ0v) is 15.9. The van der Waals surface area contributed by atoms with Gasteiger partial charge in [-0.1, -0.05) is 6.07 Å². The van der Waals surface area contributed by atoms with Crippen LogP contribution in [0.1, 0.15) is 40.9 Å². The Kier molecular flexibility index (Phi) is 6.21. The van der Waals surface area contributed by atoms with Crippen molar-refractivity contribution in [2.24, 2.45) is 0 Å². The van der Waals surface area contributed by atoms with E-state index >= 15 is 0 Å². The number of anilines is 2. The minimum absolute atomic E-state index is 0.296. The maximum absolute atomic E-state index is 13.6. The molecule has 1 amide bonds. The molecule has 3 rings (SSSR count). The first-order chi connectivity index (χ1) is 13.0. The lowest BCUT2D eigenvalue weighted by atomic mass is 10.1. The zero-order chi connectivity index (χ0) is 19.2. The van der Waals surface area contributed by atoms with Crippen molar-refractivity contribution in [3.05, 3.63) is 46.9 Å². The van der Waals surface area contributed by atoms with E-state index in [2.05, 4.69) is 25.5 Å². The SMILES string of the molecule is Cc1cc(N2CCCCC2)nc(NCCNC(=O)c2ccc(C)c(F)c2)n1. The number of amides is 1. The maximum Gasteiger partial charge on any atom is 0.251 e. The van der Waals surface area contributed by atoms with Crippen LogP contribution >= 0.6 is 0 Å². The number of carbonyl (C=O) groups is 1. The van der Waals surface area contributed by atoms with Gasteiger partial charge < -0.3 is 15.5 Å². The van der Waals surface area contributed by atoms with E-state index in [-0.39, 0.29) is 11.7 Å². The third-order valence-corrected chi connectivity index (χ3v) is 4.65. The van der Waals surface area contributed by atoms with Gasteiger partial charge in [-0.15, -0.1) is 0 Å². The number of nitrogens with one attached hydrogen (secondary N) is 2. The Morgan fingerprint density at radius 3 is 2.63 bits per heavy atom. The zero-order valence-electron chi connectivity index (χ0n) is 15.9.